The topological polar surface area (TPSA) is 47.0 Å². The number of H-pyrrole nitrogens is 1. The fourth-order valence-electron chi connectivity index (χ4n) is 2.05. The molecule has 3 rings (SSSR count). The van der Waals surface area contributed by atoms with E-state index in [9.17, 15) is 9.18 Å². The van der Waals surface area contributed by atoms with Crippen LogP contribution in [-0.2, 0) is 0 Å². The number of methoxy groups -OCH3 is 1. The van der Waals surface area contributed by atoms with Crippen molar-refractivity contribution in [1.29, 1.82) is 0 Å². The number of benzene rings is 1. The maximum absolute atomic E-state index is 13.6. The van der Waals surface area contributed by atoms with E-state index in [1.807, 2.05) is 0 Å². The molecule has 1 aromatic heterocycles. The minimum Gasteiger partial charge on any atom is -0.494 e. The van der Waals surface area contributed by atoms with Crippen LogP contribution in [0.15, 0.2) is 16.9 Å². The van der Waals surface area contributed by atoms with Gasteiger partial charge in [0.05, 0.1) is 18.0 Å². The summed E-state index contributed by atoms with van der Waals surface area (Å²) in [5.74, 6) is -0.452. The standard InChI is InChI=1S/C12H11FN2O2S/c1-17-10-4-7-9(5-8(10)13)14-12(18)15(11(7)16)6-2-3-6/h4-6H,2-3H2,1H3,(H,14,18). The Hall–Kier alpha value is -1.69. The summed E-state index contributed by atoms with van der Waals surface area (Å²) in [6, 6.07) is 2.83. The van der Waals surface area contributed by atoms with Crippen molar-refractivity contribution in [3.63, 3.8) is 0 Å². The number of fused-ring (bicyclic) bond motifs is 1. The molecular weight excluding hydrogens is 255 g/mol. The molecule has 94 valence electrons. The molecule has 6 heteroatoms. The first-order valence-electron chi connectivity index (χ1n) is 5.64. The molecule has 0 spiro atoms. The van der Waals surface area contributed by atoms with Gasteiger partial charge >= 0.3 is 0 Å². The van der Waals surface area contributed by atoms with Crippen LogP contribution in [0, 0.1) is 10.6 Å². The highest BCUT2D eigenvalue weighted by Crippen LogP contribution is 2.34. The summed E-state index contributed by atoms with van der Waals surface area (Å²) >= 11 is 5.14. The van der Waals surface area contributed by atoms with Crippen LogP contribution >= 0.6 is 12.2 Å². The van der Waals surface area contributed by atoms with E-state index in [0.29, 0.717) is 15.7 Å². The SMILES string of the molecule is COc1cc2c(=O)n(C3CC3)c(=S)[nH]c2cc1F. The Balaban J connectivity index is 2.39. The van der Waals surface area contributed by atoms with Crippen molar-refractivity contribution in [2.45, 2.75) is 18.9 Å². The summed E-state index contributed by atoms with van der Waals surface area (Å²) in [6.07, 6.45) is 1.92. The smallest absolute Gasteiger partial charge is 0.262 e. The van der Waals surface area contributed by atoms with E-state index >= 15 is 0 Å². The van der Waals surface area contributed by atoms with Gasteiger partial charge in [-0.15, -0.1) is 0 Å². The van der Waals surface area contributed by atoms with Gasteiger partial charge in [-0.3, -0.25) is 9.36 Å². The molecule has 0 atom stereocenters. The number of hydrogen-bond acceptors (Lipinski definition) is 3. The van der Waals surface area contributed by atoms with E-state index in [0.717, 1.165) is 12.8 Å². The number of aromatic amines is 1. The lowest BCUT2D eigenvalue weighted by Gasteiger charge is -2.08. The van der Waals surface area contributed by atoms with Gasteiger partial charge in [0.15, 0.2) is 16.3 Å². The highest BCUT2D eigenvalue weighted by molar-refractivity contribution is 7.71. The number of aromatic nitrogens is 2. The van der Waals surface area contributed by atoms with Crippen LogP contribution in [0.3, 0.4) is 0 Å². The van der Waals surface area contributed by atoms with Crippen molar-refractivity contribution in [1.82, 2.24) is 9.55 Å². The first-order chi connectivity index (χ1) is 8.61. The molecule has 0 radical (unpaired) electrons. The fourth-order valence-corrected chi connectivity index (χ4v) is 2.39. The summed E-state index contributed by atoms with van der Waals surface area (Å²) in [4.78, 5) is 15.2. The van der Waals surface area contributed by atoms with Crippen molar-refractivity contribution < 1.29 is 9.13 Å². The Morgan fingerprint density at radius 2 is 2.22 bits per heavy atom. The largest absolute Gasteiger partial charge is 0.494 e. The normalized spacial score (nSPS) is 15.0. The van der Waals surface area contributed by atoms with Crippen molar-refractivity contribution in [3.8, 4) is 5.75 Å². The van der Waals surface area contributed by atoms with E-state index < -0.39 is 5.82 Å². The average molecular weight is 266 g/mol. The Bertz CT molecular complexity index is 746. The highest BCUT2D eigenvalue weighted by Gasteiger charge is 2.26. The zero-order valence-corrected chi connectivity index (χ0v) is 10.5. The van der Waals surface area contributed by atoms with Crippen LogP contribution in [0.2, 0.25) is 0 Å². The minimum atomic E-state index is -0.515. The molecule has 0 saturated heterocycles. The lowest BCUT2D eigenvalue weighted by atomic mass is 10.2. The Morgan fingerprint density at radius 1 is 1.50 bits per heavy atom. The summed E-state index contributed by atoms with van der Waals surface area (Å²) in [7, 11) is 1.37. The lowest BCUT2D eigenvalue weighted by molar-refractivity contribution is 0.387. The van der Waals surface area contributed by atoms with Gasteiger partial charge in [-0.2, -0.15) is 0 Å². The van der Waals surface area contributed by atoms with E-state index in [1.54, 1.807) is 4.57 Å². The molecule has 1 heterocycles. The molecule has 1 aliphatic carbocycles. The van der Waals surface area contributed by atoms with Gasteiger partial charge in [0, 0.05) is 12.1 Å². The molecule has 2 aromatic rings. The molecule has 1 fully saturated rings. The summed E-state index contributed by atoms with van der Waals surface area (Å²) in [6.45, 7) is 0. The van der Waals surface area contributed by atoms with Gasteiger partial charge in [-0.05, 0) is 31.1 Å². The molecule has 0 bridgehead atoms. The molecular formula is C12H11FN2O2S. The van der Waals surface area contributed by atoms with Crippen molar-refractivity contribution >= 4 is 23.1 Å². The van der Waals surface area contributed by atoms with E-state index in [-0.39, 0.29) is 17.4 Å². The summed E-state index contributed by atoms with van der Waals surface area (Å²) < 4.78 is 20.4. The maximum atomic E-state index is 13.6. The number of halogens is 1. The molecule has 1 saturated carbocycles. The molecule has 18 heavy (non-hydrogen) atoms. The number of nitrogens with one attached hydrogen (secondary N) is 1. The summed E-state index contributed by atoms with van der Waals surface area (Å²) in [5, 5.41) is 0.397. The van der Waals surface area contributed by atoms with Crippen LogP contribution in [0.25, 0.3) is 10.9 Å². The Kier molecular flexibility index (Phi) is 2.48. The second-order valence-electron chi connectivity index (χ2n) is 4.37. The Labute approximate surface area is 107 Å². The molecule has 0 amide bonds. The van der Waals surface area contributed by atoms with Gasteiger partial charge in [0.1, 0.15) is 0 Å². The predicted molar refractivity (Wildman–Crippen MR) is 68.2 cm³/mol. The predicted octanol–water partition coefficient (Wildman–Crippen LogP) is 2.54. The van der Waals surface area contributed by atoms with Gasteiger partial charge in [0.25, 0.3) is 5.56 Å². The van der Waals surface area contributed by atoms with E-state index in [2.05, 4.69) is 4.98 Å². The van der Waals surface area contributed by atoms with Gasteiger partial charge in [-0.25, -0.2) is 4.39 Å². The maximum Gasteiger partial charge on any atom is 0.262 e. The number of hydrogen-bond donors (Lipinski definition) is 1. The molecule has 4 nitrogen and oxygen atoms in total. The minimum absolute atomic E-state index is 0.0625. The van der Waals surface area contributed by atoms with E-state index in [1.165, 1.54) is 19.2 Å². The first kappa shape index (κ1) is 11.4. The lowest BCUT2D eigenvalue weighted by Crippen LogP contribution is -2.21. The highest BCUT2D eigenvalue weighted by atomic mass is 32.1. The van der Waals surface area contributed by atoms with Crippen molar-refractivity contribution in [3.05, 3.63) is 33.1 Å². The molecule has 1 aliphatic rings. The van der Waals surface area contributed by atoms with Gasteiger partial charge in [-0.1, -0.05) is 0 Å². The van der Waals surface area contributed by atoms with Crippen LogP contribution in [0.4, 0.5) is 4.39 Å². The van der Waals surface area contributed by atoms with E-state index in [4.69, 9.17) is 17.0 Å². The van der Waals surface area contributed by atoms with Gasteiger partial charge in [0.2, 0.25) is 0 Å². The molecule has 0 unspecified atom stereocenters. The molecule has 1 aromatic carbocycles. The quantitative estimate of drug-likeness (QED) is 0.850. The van der Waals surface area contributed by atoms with Crippen LogP contribution in [-0.4, -0.2) is 16.7 Å². The Morgan fingerprint density at radius 3 is 2.83 bits per heavy atom. The molecule has 1 N–H and O–H groups in total. The number of ether oxygens (including phenoxy) is 1. The van der Waals surface area contributed by atoms with Crippen LogP contribution < -0.4 is 10.3 Å². The number of nitrogens with zero attached hydrogens (tertiary/aromatic N) is 1. The second kappa shape index (κ2) is 3.91. The number of rotatable bonds is 2. The third kappa shape index (κ3) is 1.64. The third-order valence-corrected chi connectivity index (χ3v) is 3.41. The van der Waals surface area contributed by atoms with Crippen molar-refractivity contribution in [2.24, 2.45) is 0 Å². The van der Waals surface area contributed by atoms with Gasteiger partial charge < -0.3 is 9.72 Å². The van der Waals surface area contributed by atoms with Crippen LogP contribution in [0.5, 0.6) is 5.75 Å². The monoisotopic (exact) mass is 266 g/mol. The van der Waals surface area contributed by atoms with Crippen LogP contribution in [0.1, 0.15) is 18.9 Å². The molecule has 0 aliphatic heterocycles. The average Bonchev–Trinajstić information content (AvgIpc) is 3.12. The first-order valence-corrected chi connectivity index (χ1v) is 6.04. The summed E-state index contributed by atoms with van der Waals surface area (Å²) in [5.41, 5.74) is 0.217. The zero-order valence-electron chi connectivity index (χ0n) is 9.70. The fraction of sp³-hybridized carbons (Fsp3) is 0.333. The second-order valence-corrected chi connectivity index (χ2v) is 4.76. The van der Waals surface area contributed by atoms with Crippen molar-refractivity contribution in [2.75, 3.05) is 7.11 Å². The zero-order chi connectivity index (χ0) is 12.9. The third-order valence-electron chi connectivity index (χ3n) is 3.11.